The molecule has 2 N–H and O–H groups in total. The van der Waals surface area contributed by atoms with E-state index in [2.05, 4.69) is 14.8 Å². The Balaban J connectivity index is 2.09. The maximum atomic E-state index is 12.4. The number of hydrogen-bond acceptors (Lipinski definition) is 5. The molecule has 2 rings (SSSR count). The fraction of sp³-hybridized carbons (Fsp3) is 0.533. The van der Waals surface area contributed by atoms with Gasteiger partial charge in [-0.05, 0) is 56.5 Å². The Morgan fingerprint density at radius 2 is 2.23 bits per heavy atom. The zero-order chi connectivity index (χ0) is 16.2. The Morgan fingerprint density at radius 1 is 1.45 bits per heavy atom. The Bertz CT molecular complexity index is 637. The summed E-state index contributed by atoms with van der Waals surface area (Å²) in [6.07, 6.45) is 1.89. The first-order valence-electron chi connectivity index (χ1n) is 7.34. The summed E-state index contributed by atoms with van der Waals surface area (Å²) in [5.41, 5.74) is 0.676. The highest BCUT2D eigenvalue weighted by Crippen LogP contribution is 2.20. The quantitative estimate of drug-likeness (QED) is 0.764. The van der Waals surface area contributed by atoms with Crippen LogP contribution < -0.4 is 10.0 Å². The van der Waals surface area contributed by atoms with E-state index in [1.165, 1.54) is 13.2 Å². The second-order valence-corrected chi connectivity index (χ2v) is 7.20. The lowest BCUT2D eigenvalue weighted by molar-refractivity contribution is 0.0599. The van der Waals surface area contributed by atoms with E-state index < -0.39 is 16.0 Å². The Kier molecular flexibility index (Phi) is 5.55. The first-order valence-corrected chi connectivity index (χ1v) is 8.82. The third-order valence-corrected chi connectivity index (χ3v) is 5.59. The number of esters is 1. The third-order valence-electron chi connectivity index (χ3n) is 3.99. The Hall–Kier alpha value is -1.44. The second-order valence-electron chi connectivity index (χ2n) is 5.47. The van der Waals surface area contributed by atoms with Crippen LogP contribution in [0.1, 0.15) is 28.8 Å². The monoisotopic (exact) mass is 326 g/mol. The average molecular weight is 326 g/mol. The second kappa shape index (κ2) is 7.21. The number of ether oxygens (including phenoxy) is 1. The molecule has 0 radical (unpaired) electrons. The summed E-state index contributed by atoms with van der Waals surface area (Å²) in [4.78, 5) is 11.8. The van der Waals surface area contributed by atoms with Crippen LogP contribution in [0.2, 0.25) is 0 Å². The van der Waals surface area contributed by atoms with Crippen molar-refractivity contribution < 1.29 is 17.9 Å². The molecule has 1 aromatic carbocycles. The van der Waals surface area contributed by atoms with Gasteiger partial charge in [0.25, 0.3) is 0 Å². The molecule has 1 aliphatic heterocycles. The number of nitrogens with one attached hydrogen (secondary N) is 2. The minimum Gasteiger partial charge on any atom is -0.465 e. The number of methoxy groups -OCH3 is 1. The molecule has 1 fully saturated rings. The van der Waals surface area contributed by atoms with Gasteiger partial charge in [-0.2, -0.15) is 0 Å². The number of carbonyl (C=O) groups excluding carboxylic acids is 1. The van der Waals surface area contributed by atoms with Gasteiger partial charge in [-0.15, -0.1) is 0 Å². The molecule has 1 unspecified atom stereocenters. The van der Waals surface area contributed by atoms with Crippen molar-refractivity contribution in [3.05, 3.63) is 29.3 Å². The van der Waals surface area contributed by atoms with Crippen molar-refractivity contribution >= 4 is 16.0 Å². The van der Waals surface area contributed by atoms with E-state index in [9.17, 15) is 13.2 Å². The highest BCUT2D eigenvalue weighted by molar-refractivity contribution is 7.89. The van der Waals surface area contributed by atoms with Crippen molar-refractivity contribution in [1.82, 2.24) is 10.0 Å². The van der Waals surface area contributed by atoms with Gasteiger partial charge in [0.2, 0.25) is 10.0 Å². The Labute approximate surface area is 131 Å². The van der Waals surface area contributed by atoms with E-state index in [1.54, 1.807) is 19.1 Å². The summed E-state index contributed by atoms with van der Waals surface area (Å²) in [7, 11) is -2.35. The van der Waals surface area contributed by atoms with E-state index in [0.29, 0.717) is 18.0 Å². The number of carbonyl (C=O) groups is 1. The van der Waals surface area contributed by atoms with Crippen molar-refractivity contribution in [3.8, 4) is 0 Å². The van der Waals surface area contributed by atoms with E-state index in [-0.39, 0.29) is 10.5 Å². The summed E-state index contributed by atoms with van der Waals surface area (Å²) >= 11 is 0. The largest absolute Gasteiger partial charge is 0.465 e. The molecular weight excluding hydrogens is 304 g/mol. The molecule has 0 saturated carbocycles. The summed E-state index contributed by atoms with van der Waals surface area (Å²) < 4.78 is 32.1. The van der Waals surface area contributed by atoms with Gasteiger partial charge in [0, 0.05) is 6.54 Å². The van der Waals surface area contributed by atoms with Crippen LogP contribution in [0.4, 0.5) is 0 Å². The van der Waals surface area contributed by atoms with E-state index in [0.717, 1.165) is 25.9 Å². The first kappa shape index (κ1) is 16.9. The molecule has 22 heavy (non-hydrogen) atoms. The summed E-state index contributed by atoms with van der Waals surface area (Å²) in [5.74, 6) is -0.0169. The maximum absolute atomic E-state index is 12.4. The average Bonchev–Trinajstić information content (AvgIpc) is 2.99. The van der Waals surface area contributed by atoms with Gasteiger partial charge in [0.1, 0.15) is 0 Å². The first-order chi connectivity index (χ1) is 10.5. The van der Waals surface area contributed by atoms with Gasteiger partial charge < -0.3 is 10.1 Å². The van der Waals surface area contributed by atoms with Crippen LogP contribution in [0.15, 0.2) is 23.1 Å². The van der Waals surface area contributed by atoms with Gasteiger partial charge in [-0.1, -0.05) is 6.07 Å². The zero-order valence-electron chi connectivity index (χ0n) is 12.9. The predicted molar refractivity (Wildman–Crippen MR) is 83.3 cm³/mol. The molecule has 1 aromatic rings. The van der Waals surface area contributed by atoms with Gasteiger partial charge in [0.05, 0.1) is 17.6 Å². The third kappa shape index (κ3) is 3.85. The van der Waals surface area contributed by atoms with Gasteiger partial charge in [-0.3, -0.25) is 0 Å². The van der Waals surface area contributed by atoms with Crippen molar-refractivity contribution in [2.45, 2.75) is 24.7 Å². The number of benzene rings is 1. The van der Waals surface area contributed by atoms with E-state index in [4.69, 9.17) is 0 Å². The predicted octanol–water partition coefficient (Wildman–Crippen LogP) is 1.06. The molecule has 0 bridgehead atoms. The molecule has 1 saturated heterocycles. The van der Waals surface area contributed by atoms with Crippen LogP contribution in [-0.4, -0.2) is 41.1 Å². The highest BCUT2D eigenvalue weighted by atomic mass is 32.2. The Morgan fingerprint density at radius 3 is 2.86 bits per heavy atom. The SMILES string of the molecule is COC(=O)c1cccc(S(=O)(=O)NCCC2CCNC2)c1C. The van der Waals surface area contributed by atoms with Crippen molar-refractivity contribution in [2.24, 2.45) is 5.92 Å². The van der Waals surface area contributed by atoms with Crippen LogP contribution in [0.3, 0.4) is 0 Å². The zero-order valence-corrected chi connectivity index (χ0v) is 13.7. The lowest BCUT2D eigenvalue weighted by Crippen LogP contribution is -2.27. The molecule has 0 amide bonds. The van der Waals surface area contributed by atoms with E-state index >= 15 is 0 Å². The van der Waals surface area contributed by atoms with Crippen LogP contribution in [0.25, 0.3) is 0 Å². The molecule has 1 aliphatic rings. The minimum atomic E-state index is -3.63. The van der Waals surface area contributed by atoms with Crippen LogP contribution >= 0.6 is 0 Å². The van der Waals surface area contributed by atoms with Crippen LogP contribution in [0, 0.1) is 12.8 Å². The van der Waals surface area contributed by atoms with Crippen LogP contribution in [0.5, 0.6) is 0 Å². The standard InChI is InChI=1S/C15H22N2O4S/c1-11-13(15(18)21-2)4-3-5-14(11)22(19,20)17-9-7-12-6-8-16-10-12/h3-5,12,16-17H,6-10H2,1-2H3. The number of sulfonamides is 1. The fourth-order valence-corrected chi connectivity index (χ4v) is 3.99. The summed E-state index contributed by atoms with van der Waals surface area (Å²) in [5, 5.41) is 3.26. The molecule has 6 nitrogen and oxygen atoms in total. The van der Waals surface area contributed by atoms with Crippen molar-refractivity contribution in [1.29, 1.82) is 0 Å². The molecule has 0 aliphatic carbocycles. The number of hydrogen-bond donors (Lipinski definition) is 2. The summed E-state index contributed by atoms with van der Waals surface area (Å²) in [6, 6.07) is 4.61. The molecule has 0 aromatic heterocycles. The van der Waals surface area contributed by atoms with Crippen LogP contribution in [-0.2, 0) is 14.8 Å². The lowest BCUT2D eigenvalue weighted by atomic mass is 10.1. The minimum absolute atomic E-state index is 0.125. The number of rotatable bonds is 6. The topological polar surface area (TPSA) is 84.5 Å². The summed E-state index contributed by atoms with van der Waals surface area (Å²) in [6.45, 7) is 3.95. The van der Waals surface area contributed by atoms with Crippen molar-refractivity contribution in [3.63, 3.8) is 0 Å². The lowest BCUT2D eigenvalue weighted by Gasteiger charge is -2.13. The molecule has 122 valence electrons. The molecular formula is C15H22N2O4S. The molecule has 7 heteroatoms. The van der Waals surface area contributed by atoms with Gasteiger partial charge in [-0.25, -0.2) is 17.9 Å². The molecule has 1 atom stereocenters. The highest BCUT2D eigenvalue weighted by Gasteiger charge is 2.22. The smallest absolute Gasteiger partial charge is 0.338 e. The van der Waals surface area contributed by atoms with E-state index in [1.807, 2.05) is 0 Å². The van der Waals surface area contributed by atoms with Crippen molar-refractivity contribution in [2.75, 3.05) is 26.7 Å². The molecule has 1 heterocycles. The molecule has 0 spiro atoms. The van der Waals surface area contributed by atoms with Gasteiger partial charge >= 0.3 is 5.97 Å². The van der Waals surface area contributed by atoms with Gasteiger partial charge in [0.15, 0.2) is 0 Å². The maximum Gasteiger partial charge on any atom is 0.338 e. The fourth-order valence-electron chi connectivity index (χ4n) is 2.67. The normalized spacial score (nSPS) is 18.4.